The van der Waals surface area contributed by atoms with Crippen molar-refractivity contribution in [2.45, 2.75) is 39.4 Å². The van der Waals surface area contributed by atoms with Gasteiger partial charge in [-0.15, -0.1) is 0 Å². The number of carbonyl (C=O) groups is 2. The molecule has 0 saturated carbocycles. The molecule has 33 heavy (non-hydrogen) atoms. The zero-order valence-corrected chi connectivity index (χ0v) is 22.6. The van der Waals surface area contributed by atoms with Crippen LogP contribution < -0.4 is 9.62 Å². The first-order valence-corrected chi connectivity index (χ1v) is 13.5. The first kappa shape index (κ1) is 27.4. The van der Waals surface area contributed by atoms with Crippen molar-refractivity contribution in [2.24, 2.45) is 0 Å². The van der Waals surface area contributed by atoms with Gasteiger partial charge in [-0.3, -0.25) is 13.9 Å². The van der Waals surface area contributed by atoms with Gasteiger partial charge in [-0.25, -0.2) is 8.42 Å². The highest BCUT2D eigenvalue weighted by atomic mass is 79.9. The number of rotatable bonds is 9. The first-order chi connectivity index (χ1) is 15.3. The molecule has 0 aliphatic heterocycles. The molecule has 11 heteroatoms. The maximum absolute atomic E-state index is 13.4. The number of sulfonamides is 1. The van der Waals surface area contributed by atoms with E-state index in [1.54, 1.807) is 6.92 Å². The van der Waals surface area contributed by atoms with Crippen molar-refractivity contribution in [3.63, 3.8) is 0 Å². The Kier molecular flexibility index (Phi) is 9.60. The van der Waals surface area contributed by atoms with Crippen molar-refractivity contribution in [3.8, 4) is 0 Å². The summed E-state index contributed by atoms with van der Waals surface area (Å²) in [5, 5.41) is 3.22. The summed E-state index contributed by atoms with van der Waals surface area (Å²) in [5.41, 5.74) is 0.985. The van der Waals surface area contributed by atoms with Gasteiger partial charge in [0.2, 0.25) is 21.8 Å². The summed E-state index contributed by atoms with van der Waals surface area (Å²) < 4.78 is 26.9. The topological polar surface area (TPSA) is 86.8 Å². The van der Waals surface area contributed by atoms with Gasteiger partial charge in [0.25, 0.3) is 0 Å². The van der Waals surface area contributed by atoms with Crippen LogP contribution in [0, 0.1) is 0 Å². The molecule has 0 radical (unpaired) electrons. The Hall–Kier alpha value is -1.81. The average molecular weight is 579 g/mol. The SMILES string of the molecule is CC(C)NC(=O)[C@H](C)N(Cc1ccc(Br)cc1)C(=O)CN(c1ccc(Cl)c(Cl)c1)S(C)(=O)=O. The van der Waals surface area contributed by atoms with Gasteiger partial charge in [-0.1, -0.05) is 51.3 Å². The summed E-state index contributed by atoms with van der Waals surface area (Å²) in [6.07, 6.45) is 0.997. The van der Waals surface area contributed by atoms with E-state index in [2.05, 4.69) is 21.2 Å². The van der Waals surface area contributed by atoms with Crippen LogP contribution in [0.25, 0.3) is 0 Å². The van der Waals surface area contributed by atoms with Gasteiger partial charge in [0, 0.05) is 17.1 Å². The Labute approximate surface area is 213 Å². The predicted octanol–water partition coefficient (Wildman–Crippen LogP) is 4.46. The molecule has 0 aromatic heterocycles. The minimum Gasteiger partial charge on any atom is -0.352 e. The molecule has 1 N–H and O–H groups in total. The smallest absolute Gasteiger partial charge is 0.244 e. The number of halogens is 3. The zero-order chi connectivity index (χ0) is 24.9. The van der Waals surface area contributed by atoms with Crippen molar-refractivity contribution in [2.75, 3.05) is 17.1 Å². The Bertz CT molecular complexity index is 1110. The lowest BCUT2D eigenvalue weighted by molar-refractivity contribution is -0.139. The summed E-state index contributed by atoms with van der Waals surface area (Å²) in [4.78, 5) is 27.5. The number of hydrogen-bond donors (Lipinski definition) is 1. The zero-order valence-electron chi connectivity index (χ0n) is 18.7. The number of hydrogen-bond acceptors (Lipinski definition) is 4. The third kappa shape index (κ3) is 7.88. The number of benzene rings is 2. The number of carbonyl (C=O) groups excluding carboxylic acids is 2. The lowest BCUT2D eigenvalue weighted by Gasteiger charge is -2.32. The number of nitrogens with zero attached hydrogens (tertiary/aromatic N) is 2. The minimum absolute atomic E-state index is 0.117. The molecule has 1 atom stereocenters. The molecule has 2 aromatic rings. The Balaban J connectivity index is 2.40. The average Bonchev–Trinajstić information content (AvgIpc) is 2.71. The van der Waals surface area contributed by atoms with Gasteiger partial charge in [0.15, 0.2) is 0 Å². The second-order valence-corrected chi connectivity index (χ2v) is 11.5. The van der Waals surface area contributed by atoms with Crippen molar-refractivity contribution in [1.29, 1.82) is 0 Å². The quantitative estimate of drug-likeness (QED) is 0.476. The molecule has 0 heterocycles. The molecule has 180 valence electrons. The van der Waals surface area contributed by atoms with Gasteiger partial charge in [0.05, 0.1) is 22.0 Å². The second kappa shape index (κ2) is 11.6. The van der Waals surface area contributed by atoms with Crippen LogP contribution in [0.15, 0.2) is 46.9 Å². The first-order valence-electron chi connectivity index (χ1n) is 10.1. The van der Waals surface area contributed by atoms with Crippen LogP contribution >= 0.6 is 39.1 Å². The predicted molar refractivity (Wildman–Crippen MR) is 136 cm³/mol. The van der Waals surface area contributed by atoms with Crippen LogP contribution in [0.3, 0.4) is 0 Å². The van der Waals surface area contributed by atoms with Crippen LogP contribution in [0.5, 0.6) is 0 Å². The largest absolute Gasteiger partial charge is 0.352 e. The normalized spacial score (nSPS) is 12.4. The van der Waals surface area contributed by atoms with Crippen LogP contribution in [-0.4, -0.2) is 50.0 Å². The van der Waals surface area contributed by atoms with Gasteiger partial charge in [-0.2, -0.15) is 0 Å². The lowest BCUT2D eigenvalue weighted by Crippen LogP contribution is -2.52. The van der Waals surface area contributed by atoms with Crippen molar-refractivity contribution in [3.05, 3.63) is 62.5 Å². The Morgan fingerprint density at radius 1 is 1.03 bits per heavy atom. The molecule has 0 aliphatic rings. The summed E-state index contributed by atoms with van der Waals surface area (Å²) in [5.74, 6) is -0.878. The maximum atomic E-state index is 13.4. The lowest BCUT2D eigenvalue weighted by atomic mass is 10.1. The van der Waals surface area contributed by atoms with Crippen LogP contribution in [-0.2, 0) is 26.2 Å². The molecule has 2 rings (SSSR count). The van der Waals surface area contributed by atoms with E-state index in [0.717, 1.165) is 20.6 Å². The van der Waals surface area contributed by atoms with Gasteiger partial charge in [0.1, 0.15) is 12.6 Å². The van der Waals surface area contributed by atoms with E-state index in [4.69, 9.17) is 23.2 Å². The van der Waals surface area contributed by atoms with E-state index < -0.39 is 28.5 Å². The molecule has 0 unspecified atom stereocenters. The summed E-state index contributed by atoms with van der Waals surface area (Å²) in [6, 6.07) is 10.7. The Morgan fingerprint density at radius 2 is 1.64 bits per heavy atom. The van der Waals surface area contributed by atoms with E-state index >= 15 is 0 Å². The fourth-order valence-electron chi connectivity index (χ4n) is 3.03. The summed E-state index contributed by atoms with van der Waals surface area (Å²) in [6.45, 7) is 4.87. The molecule has 0 fully saturated rings. The van der Waals surface area contributed by atoms with Crippen molar-refractivity contribution < 1.29 is 18.0 Å². The van der Waals surface area contributed by atoms with E-state index in [9.17, 15) is 18.0 Å². The van der Waals surface area contributed by atoms with Crippen molar-refractivity contribution in [1.82, 2.24) is 10.2 Å². The molecule has 0 bridgehead atoms. The fraction of sp³-hybridized carbons (Fsp3) is 0.364. The highest BCUT2D eigenvalue weighted by Gasteiger charge is 2.30. The highest BCUT2D eigenvalue weighted by Crippen LogP contribution is 2.28. The molecule has 0 saturated heterocycles. The highest BCUT2D eigenvalue weighted by molar-refractivity contribution is 9.10. The molecule has 0 aliphatic carbocycles. The van der Waals surface area contributed by atoms with Gasteiger partial charge < -0.3 is 10.2 Å². The fourth-order valence-corrected chi connectivity index (χ4v) is 4.43. The summed E-state index contributed by atoms with van der Waals surface area (Å²) in [7, 11) is -3.84. The number of amides is 2. The number of nitrogens with one attached hydrogen (secondary N) is 1. The third-order valence-corrected chi connectivity index (χ3v) is 7.14. The number of anilines is 1. The van der Waals surface area contributed by atoms with Gasteiger partial charge in [-0.05, 0) is 56.7 Å². The van der Waals surface area contributed by atoms with E-state index in [1.807, 2.05) is 38.1 Å². The van der Waals surface area contributed by atoms with E-state index in [-0.39, 0.29) is 34.2 Å². The maximum Gasteiger partial charge on any atom is 0.244 e. The van der Waals surface area contributed by atoms with Crippen LogP contribution in [0.4, 0.5) is 5.69 Å². The van der Waals surface area contributed by atoms with Crippen molar-refractivity contribution >= 4 is 66.7 Å². The Morgan fingerprint density at radius 3 is 2.15 bits per heavy atom. The molecule has 2 aromatic carbocycles. The standard InChI is InChI=1S/C22H26BrCl2N3O4S/c1-14(2)26-22(30)15(3)27(12-16-5-7-17(23)8-6-16)21(29)13-28(33(4,31)32)18-9-10-19(24)20(25)11-18/h5-11,14-15H,12-13H2,1-4H3,(H,26,30)/t15-/m0/s1. The molecular formula is C22H26BrCl2N3O4S. The third-order valence-electron chi connectivity index (χ3n) is 4.73. The summed E-state index contributed by atoms with van der Waals surface area (Å²) >= 11 is 15.4. The van der Waals surface area contributed by atoms with E-state index in [0.29, 0.717) is 0 Å². The molecule has 7 nitrogen and oxygen atoms in total. The molecular weight excluding hydrogens is 553 g/mol. The van der Waals surface area contributed by atoms with E-state index in [1.165, 1.54) is 23.1 Å². The monoisotopic (exact) mass is 577 g/mol. The minimum atomic E-state index is -3.84. The molecule has 0 spiro atoms. The second-order valence-electron chi connectivity index (χ2n) is 7.86. The van der Waals surface area contributed by atoms with Crippen LogP contribution in [0.1, 0.15) is 26.3 Å². The van der Waals surface area contributed by atoms with Gasteiger partial charge >= 0.3 is 0 Å². The molecule has 2 amide bonds. The van der Waals surface area contributed by atoms with Crippen LogP contribution in [0.2, 0.25) is 10.0 Å².